The number of rotatable bonds is 1. The molecule has 7 heteroatoms. The van der Waals surface area contributed by atoms with E-state index >= 15 is 0 Å². The molecule has 0 spiro atoms. The first-order chi connectivity index (χ1) is 14.6. The standard InChI is InChI=1S/C23H28N2O4S/c1-16-15-29-18-9-7-8-17(14-18)19-10-3-4-12-21(19)30-13-6-5-11-20(22(26)24-16)25-23(27)28-2/h3-4,7-10,12,14,16,20H,5-6,11,13,15H2,1-2H3,(H,24,26)(H,25,27)/t16-,20+/m1/s1. The van der Waals surface area contributed by atoms with Gasteiger partial charge in [0.05, 0.1) is 13.2 Å². The van der Waals surface area contributed by atoms with Crippen LogP contribution in [-0.4, -0.2) is 43.6 Å². The summed E-state index contributed by atoms with van der Waals surface area (Å²) in [6, 6.07) is 15.5. The average molecular weight is 429 g/mol. The van der Waals surface area contributed by atoms with E-state index in [1.807, 2.05) is 37.3 Å². The van der Waals surface area contributed by atoms with Gasteiger partial charge in [-0.2, -0.15) is 0 Å². The number of hydrogen-bond acceptors (Lipinski definition) is 5. The predicted octanol–water partition coefficient (Wildman–Crippen LogP) is 4.24. The summed E-state index contributed by atoms with van der Waals surface area (Å²) in [5.74, 6) is 1.45. The lowest BCUT2D eigenvalue weighted by atomic mass is 10.1. The lowest BCUT2D eigenvalue weighted by molar-refractivity contribution is -0.124. The predicted molar refractivity (Wildman–Crippen MR) is 119 cm³/mol. The third-order valence-corrected chi connectivity index (χ3v) is 6.02. The van der Waals surface area contributed by atoms with Gasteiger partial charge in [-0.3, -0.25) is 4.79 Å². The van der Waals surface area contributed by atoms with Gasteiger partial charge in [0.15, 0.2) is 0 Å². The van der Waals surface area contributed by atoms with E-state index in [2.05, 4.69) is 33.6 Å². The fraction of sp³-hybridized carbons (Fsp3) is 0.391. The van der Waals surface area contributed by atoms with Gasteiger partial charge < -0.3 is 20.1 Å². The summed E-state index contributed by atoms with van der Waals surface area (Å²) in [6.07, 6.45) is 1.70. The molecular formula is C23H28N2O4S. The first-order valence-electron chi connectivity index (χ1n) is 10.2. The maximum Gasteiger partial charge on any atom is 0.407 e. The van der Waals surface area contributed by atoms with Crippen LogP contribution in [0, 0.1) is 0 Å². The van der Waals surface area contributed by atoms with E-state index in [0.717, 1.165) is 29.9 Å². The molecule has 2 aromatic rings. The molecule has 30 heavy (non-hydrogen) atoms. The van der Waals surface area contributed by atoms with Crippen molar-refractivity contribution in [2.45, 2.75) is 43.2 Å². The van der Waals surface area contributed by atoms with Crippen molar-refractivity contribution in [3.8, 4) is 16.9 Å². The van der Waals surface area contributed by atoms with Crippen LogP contribution in [0.1, 0.15) is 26.2 Å². The topological polar surface area (TPSA) is 76.7 Å². The zero-order valence-corrected chi connectivity index (χ0v) is 18.2. The van der Waals surface area contributed by atoms with Crippen LogP contribution < -0.4 is 15.4 Å². The minimum Gasteiger partial charge on any atom is -0.491 e. The number of ether oxygens (including phenoxy) is 2. The summed E-state index contributed by atoms with van der Waals surface area (Å²) in [5.41, 5.74) is 2.30. The van der Waals surface area contributed by atoms with Crippen molar-refractivity contribution in [3.63, 3.8) is 0 Å². The van der Waals surface area contributed by atoms with E-state index in [-0.39, 0.29) is 11.9 Å². The number of alkyl carbamates (subject to hydrolysis) is 1. The van der Waals surface area contributed by atoms with Crippen LogP contribution >= 0.6 is 11.8 Å². The highest BCUT2D eigenvalue weighted by molar-refractivity contribution is 7.99. The minimum atomic E-state index is -0.631. The van der Waals surface area contributed by atoms with E-state index < -0.39 is 12.1 Å². The Balaban J connectivity index is 1.81. The molecule has 0 fully saturated rings. The highest BCUT2D eigenvalue weighted by Gasteiger charge is 2.22. The molecule has 0 unspecified atom stereocenters. The summed E-state index contributed by atoms with van der Waals surface area (Å²) < 4.78 is 10.6. The van der Waals surface area contributed by atoms with Gasteiger partial charge in [-0.1, -0.05) is 36.8 Å². The number of hydrogen-bond donors (Lipinski definition) is 2. The Hall–Kier alpha value is -2.67. The molecule has 0 saturated heterocycles. The van der Waals surface area contributed by atoms with Gasteiger partial charge >= 0.3 is 6.09 Å². The van der Waals surface area contributed by atoms with Crippen LogP contribution in [0.3, 0.4) is 0 Å². The Kier molecular flexibility index (Phi) is 8.02. The molecule has 2 bridgehead atoms. The van der Waals surface area contributed by atoms with Crippen LogP contribution in [0.5, 0.6) is 5.75 Å². The molecule has 160 valence electrons. The van der Waals surface area contributed by atoms with Gasteiger partial charge in [0.1, 0.15) is 18.4 Å². The highest BCUT2D eigenvalue weighted by atomic mass is 32.2. The molecule has 1 aliphatic heterocycles. The van der Waals surface area contributed by atoms with Crippen molar-refractivity contribution < 1.29 is 19.1 Å². The van der Waals surface area contributed by atoms with Crippen molar-refractivity contribution in [1.29, 1.82) is 0 Å². The molecule has 2 amide bonds. The van der Waals surface area contributed by atoms with Crippen molar-refractivity contribution in [1.82, 2.24) is 10.6 Å². The maximum atomic E-state index is 12.7. The molecule has 0 radical (unpaired) electrons. The normalized spacial score (nSPS) is 20.3. The van der Waals surface area contributed by atoms with Crippen molar-refractivity contribution >= 4 is 23.8 Å². The average Bonchev–Trinajstić information content (AvgIpc) is 2.76. The van der Waals surface area contributed by atoms with Gasteiger partial charge in [-0.05, 0) is 54.8 Å². The quantitative estimate of drug-likeness (QED) is 0.711. The molecule has 0 aliphatic carbocycles. The Bertz CT molecular complexity index is 874. The zero-order valence-electron chi connectivity index (χ0n) is 17.4. The largest absolute Gasteiger partial charge is 0.491 e. The highest BCUT2D eigenvalue weighted by Crippen LogP contribution is 2.33. The van der Waals surface area contributed by atoms with Crippen LogP contribution in [0.25, 0.3) is 11.1 Å². The SMILES string of the molecule is COC(=O)N[C@H]1CCCCSc2ccccc2-c2cccc(c2)OC[C@@H](C)NC1=O. The monoisotopic (exact) mass is 428 g/mol. The van der Waals surface area contributed by atoms with E-state index in [4.69, 9.17) is 4.74 Å². The Labute approximate surface area is 181 Å². The molecule has 0 aromatic heterocycles. The van der Waals surface area contributed by atoms with E-state index in [0.29, 0.717) is 13.0 Å². The Morgan fingerprint density at radius 3 is 2.87 bits per heavy atom. The lowest BCUT2D eigenvalue weighted by Crippen LogP contribution is -2.50. The molecule has 2 N–H and O–H groups in total. The molecule has 0 saturated carbocycles. The first kappa shape index (κ1) is 22.0. The summed E-state index contributed by atoms with van der Waals surface area (Å²) in [5, 5.41) is 5.57. The lowest BCUT2D eigenvalue weighted by Gasteiger charge is -2.21. The third-order valence-electron chi connectivity index (χ3n) is 4.86. The zero-order chi connectivity index (χ0) is 21.3. The molecule has 3 rings (SSSR count). The smallest absolute Gasteiger partial charge is 0.407 e. The number of methoxy groups -OCH3 is 1. The van der Waals surface area contributed by atoms with Crippen molar-refractivity contribution in [2.75, 3.05) is 19.5 Å². The third kappa shape index (κ3) is 6.16. The molecule has 1 aliphatic rings. The van der Waals surface area contributed by atoms with Gasteiger partial charge in [-0.15, -0.1) is 11.8 Å². The minimum absolute atomic E-state index is 0.209. The van der Waals surface area contributed by atoms with Crippen molar-refractivity contribution in [2.24, 2.45) is 0 Å². The number of amides is 2. The van der Waals surface area contributed by atoms with Crippen molar-refractivity contribution in [3.05, 3.63) is 48.5 Å². The van der Waals surface area contributed by atoms with Crippen LogP contribution in [0.15, 0.2) is 53.4 Å². The van der Waals surface area contributed by atoms with Crippen LogP contribution in [0.2, 0.25) is 0 Å². The number of nitrogens with one attached hydrogen (secondary N) is 2. The maximum absolute atomic E-state index is 12.7. The summed E-state index contributed by atoms with van der Waals surface area (Å²) in [4.78, 5) is 25.5. The molecule has 6 nitrogen and oxygen atoms in total. The fourth-order valence-corrected chi connectivity index (χ4v) is 4.38. The second-order valence-corrected chi connectivity index (χ2v) is 8.41. The molecule has 2 aromatic carbocycles. The van der Waals surface area contributed by atoms with E-state index in [1.54, 1.807) is 11.8 Å². The first-order valence-corrected chi connectivity index (χ1v) is 11.2. The Morgan fingerprint density at radius 1 is 1.20 bits per heavy atom. The summed E-state index contributed by atoms with van der Waals surface area (Å²) in [7, 11) is 1.29. The number of carbonyl (C=O) groups excluding carboxylic acids is 2. The van der Waals surface area contributed by atoms with Gasteiger partial charge in [0.25, 0.3) is 0 Å². The second-order valence-electron chi connectivity index (χ2n) is 7.28. The summed E-state index contributed by atoms with van der Waals surface area (Å²) >= 11 is 1.80. The molecule has 1 heterocycles. The van der Waals surface area contributed by atoms with Gasteiger partial charge in [-0.25, -0.2) is 4.79 Å². The summed E-state index contributed by atoms with van der Waals surface area (Å²) in [6.45, 7) is 2.21. The number of thioether (sulfide) groups is 1. The molecular weight excluding hydrogens is 400 g/mol. The van der Waals surface area contributed by atoms with Crippen LogP contribution in [0.4, 0.5) is 4.79 Å². The number of benzene rings is 2. The Morgan fingerprint density at radius 2 is 2.03 bits per heavy atom. The van der Waals surface area contributed by atoms with Crippen LogP contribution in [-0.2, 0) is 9.53 Å². The number of carbonyl (C=O) groups is 2. The van der Waals surface area contributed by atoms with E-state index in [9.17, 15) is 9.59 Å². The second kappa shape index (κ2) is 10.9. The molecule has 2 atom stereocenters. The van der Waals surface area contributed by atoms with Gasteiger partial charge in [0.2, 0.25) is 5.91 Å². The van der Waals surface area contributed by atoms with E-state index in [1.165, 1.54) is 17.6 Å². The fourth-order valence-electron chi connectivity index (χ4n) is 3.29. The number of fused-ring (bicyclic) bond motifs is 4. The van der Waals surface area contributed by atoms with Gasteiger partial charge in [0, 0.05) is 4.90 Å².